The molecule has 3 aromatic rings. The Labute approximate surface area is 238 Å². The van der Waals surface area contributed by atoms with Crippen molar-refractivity contribution in [3.05, 3.63) is 53.6 Å². The summed E-state index contributed by atoms with van der Waals surface area (Å²) in [4.78, 5) is 26.4. The standard InChI is InChI=1S/C30H44N6O3Si/c1-21-27(22(2)36(34-21)20-39-18-19-40(4,5)6)23-12-14-25(15-13-23)32-30(38)28(24-10-8-7-9-11-24)33-29(37)26-16-17-31-35(26)3/h12-17,24,28H,7-11,18-20H2,1-6H3,(H,32,38)(H,33,37). The number of carbonyl (C=O) groups is 2. The summed E-state index contributed by atoms with van der Waals surface area (Å²) in [6, 6.07) is 10.0. The van der Waals surface area contributed by atoms with Gasteiger partial charge in [0.05, 0.1) is 5.69 Å². The van der Waals surface area contributed by atoms with Crippen molar-refractivity contribution in [3.8, 4) is 11.1 Å². The van der Waals surface area contributed by atoms with Gasteiger partial charge in [-0.2, -0.15) is 10.2 Å². The number of ether oxygens (including phenoxy) is 1. The van der Waals surface area contributed by atoms with Gasteiger partial charge in [-0.15, -0.1) is 0 Å². The van der Waals surface area contributed by atoms with E-state index >= 15 is 0 Å². The Morgan fingerprint density at radius 3 is 2.40 bits per heavy atom. The fourth-order valence-corrected chi connectivity index (χ4v) is 6.14. The number of benzene rings is 1. The number of amides is 2. The number of hydrogen-bond acceptors (Lipinski definition) is 5. The van der Waals surface area contributed by atoms with Crippen LogP contribution in [0.1, 0.15) is 54.0 Å². The van der Waals surface area contributed by atoms with Crippen LogP contribution in [-0.4, -0.2) is 52.1 Å². The molecule has 1 fully saturated rings. The molecule has 1 atom stereocenters. The Morgan fingerprint density at radius 2 is 1.77 bits per heavy atom. The summed E-state index contributed by atoms with van der Waals surface area (Å²) in [5, 5.41) is 14.8. The lowest BCUT2D eigenvalue weighted by atomic mass is 9.83. The van der Waals surface area contributed by atoms with Gasteiger partial charge in [-0.3, -0.25) is 14.3 Å². The quantitative estimate of drug-likeness (QED) is 0.235. The number of hydrogen-bond donors (Lipinski definition) is 2. The van der Waals surface area contributed by atoms with Gasteiger partial charge in [-0.1, -0.05) is 51.0 Å². The van der Waals surface area contributed by atoms with E-state index in [4.69, 9.17) is 9.84 Å². The lowest BCUT2D eigenvalue weighted by Crippen LogP contribution is -2.49. The number of carbonyl (C=O) groups excluding carboxylic acids is 2. The molecule has 0 spiro atoms. The fraction of sp³-hybridized carbons (Fsp3) is 0.533. The molecule has 40 heavy (non-hydrogen) atoms. The first kappa shape index (κ1) is 29.7. The number of aromatic nitrogens is 4. The normalized spacial score (nSPS) is 15.2. The molecule has 1 aliphatic carbocycles. The van der Waals surface area contributed by atoms with E-state index in [0.717, 1.165) is 60.8 Å². The molecule has 1 aromatic carbocycles. The van der Waals surface area contributed by atoms with Crippen LogP contribution in [0.2, 0.25) is 25.7 Å². The van der Waals surface area contributed by atoms with Gasteiger partial charge in [0.1, 0.15) is 18.5 Å². The maximum Gasteiger partial charge on any atom is 0.270 e. The van der Waals surface area contributed by atoms with Gasteiger partial charge in [0.2, 0.25) is 5.91 Å². The Hall–Kier alpha value is -3.24. The lowest BCUT2D eigenvalue weighted by Gasteiger charge is -2.30. The topological polar surface area (TPSA) is 103 Å². The van der Waals surface area contributed by atoms with E-state index in [1.807, 2.05) is 35.9 Å². The van der Waals surface area contributed by atoms with Crippen LogP contribution >= 0.6 is 0 Å². The van der Waals surface area contributed by atoms with Gasteiger partial charge in [0, 0.05) is 44.9 Å². The van der Waals surface area contributed by atoms with Crippen LogP contribution in [0.25, 0.3) is 11.1 Å². The molecule has 0 radical (unpaired) electrons. The van der Waals surface area contributed by atoms with Crippen molar-refractivity contribution < 1.29 is 14.3 Å². The number of nitrogens with zero attached hydrogens (tertiary/aromatic N) is 4. The van der Waals surface area contributed by atoms with Crippen LogP contribution in [0.3, 0.4) is 0 Å². The van der Waals surface area contributed by atoms with Crippen LogP contribution in [0, 0.1) is 19.8 Å². The van der Waals surface area contributed by atoms with E-state index in [1.54, 1.807) is 19.3 Å². The third-order valence-electron chi connectivity index (χ3n) is 7.78. The molecule has 1 aliphatic rings. The second kappa shape index (κ2) is 12.9. The third-order valence-corrected chi connectivity index (χ3v) is 9.48. The van der Waals surface area contributed by atoms with E-state index in [2.05, 4.69) is 42.3 Å². The summed E-state index contributed by atoms with van der Waals surface area (Å²) in [5.41, 5.74) is 5.24. The van der Waals surface area contributed by atoms with E-state index in [-0.39, 0.29) is 17.7 Å². The molecular formula is C30H44N6O3Si. The average Bonchev–Trinajstić information content (AvgIpc) is 3.47. The number of anilines is 1. The summed E-state index contributed by atoms with van der Waals surface area (Å²) >= 11 is 0. The van der Waals surface area contributed by atoms with Crippen LogP contribution in [0.15, 0.2) is 36.5 Å². The highest BCUT2D eigenvalue weighted by Crippen LogP contribution is 2.30. The molecule has 216 valence electrons. The first-order valence-corrected chi connectivity index (χ1v) is 18.1. The minimum absolute atomic E-state index is 0.106. The van der Waals surface area contributed by atoms with Crippen molar-refractivity contribution in [1.82, 2.24) is 24.9 Å². The fourth-order valence-electron chi connectivity index (χ4n) is 5.39. The van der Waals surface area contributed by atoms with E-state index in [9.17, 15) is 9.59 Å². The van der Waals surface area contributed by atoms with E-state index < -0.39 is 14.1 Å². The Balaban J connectivity index is 1.44. The molecule has 1 unspecified atom stereocenters. The highest BCUT2D eigenvalue weighted by atomic mass is 28.3. The summed E-state index contributed by atoms with van der Waals surface area (Å²) in [5.74, 6) is -0.367. The maximum absolute atomic E-state index is 13.5. The molecule has 10 heteroatoms. The van der Waals surface area contributed by atoms with Crippen LogP contribution in [0.4, 0.5) is 5.69 Å². The van der Waals surface area contributed by atoms with Crippen molar-refractivity contribution in [2.24, 2.45) is 13.0 Å². The van der Waals surface area contributed by atoms with Crippen LogP contribution < -0.4 is 10.6 Å². The molecule has 2 aromatic heterocycles. The molecule has 0 saturated heterocycles. The molecule has 9 nitrogen and oxygen atoms in total. The van der Waals surface area contributed by atoms with Gasteiger partial charge < -0.3 is 15.4 Å². The largest absolute Gasteiger partial charge is 0.360 e. The predicted molar refractivity (Wildman–Crippen MR) is 161 cm³/mol. The second-order valence-electron chi connectivity index (χ2n) is 12.1. The Kier molecular flexibility index (Phi) is 9.63. The van der Waals surface area contributed by atoms with E-state index in [1.165, 1.54) is 11.1 Å². The summed E-state index contributed by atoms with van der Waals surface area (Å²) in [7, 11) is 0.589. The summed E-state index contributed by atoms with van der Waals surface area (Å²) < 4.78 is 9.37. The Morgan fingerprint density at radius 1 is 1.07 bits per heavy atom. The molecule has 2 heterocycles. The molecule has 2 N–H and O–H groups in total. The molecule has 1 saturated carbocycles. The molecule has 0 bridgehead atoms. The lowest BCUT2D eigenvalue weighted by molar-refractivity contribution is -0.119. The third kappa shape index (κ3) is 7.48. The molecule has 0 aliphatic heterocycles. The molecular weight excluding hydrogens is 520 g/mol. The predicted octanol–water partition coefficient (Wildman–Crippen LogP) is 5.53. The van der Waals surface area contributed by atoms with Crippen molar-refractivity contribution in [2.45, 2.75) is 84.4 Å². The number of aryl methyl sites for hydroxylation is 2. The van der Waals surface area contributed by atoms with Gasteiger partial charge in [0.15, 0.2) is 0 Å². The second-order valence-corrected chi connectivity index (χ2v) is 17.8. The first-order valence-electron chi connectivity index (χ1n) is 14.4. The zero-order valence-electron chi connectivity index (χ0n) is 24.8. The van der Waals surface area contributed by atoms with Crippen molar-refractivity contribution in [1.29, 1.82) is 0 Å². The number of rotatable bonds is 11. The summed E-state index contributed by atoms with van der Waals surface area (Å²) in [6.45, 7) is 12.3. The molecule has 2 amide bonds. The minimum atomic E-state index is -1.13. The van der Waals surface area contributed by atoms with Crippen molar-refractivity contribution in [3.63, 3.8) is 0 Å². The van der Waals surface area contributed by atoms with Gasteiger partial charge in [-0.05, 0) is 62.4 Å². The first-order chi connectivity index (χ1) is 19.0. The Bertz CT molecular complexity index is 1300. The SMILES string of the molecule is Cc1nn(COCC[Si](C)(C)C)c(C)c1-c1ccc(NC(=O)C(NC(=O)c2ccnn2C)C2CCCCC2)cc1. The summed E-state index contributed by atoms with van der Waals surface area (Å²) in [6.07, 6.45) is 6.74. The smallest absolute Gasteiger partial charge is 0.270 e. The maximum atomic E-state index is 13.5. The van der Waals surface area contributed by atoms with Crippen LogP contribution in [0.5, 0.6) is 0 Å². The van der Waals surface area contributed by atoms with Gasteiger partial charge in [0.25, 0.3) is 5.91 Å². The number of nitrogens with one attached hydrogen (secondary N) is 2. The van der Waals surface area contributed by atoms with Gasteiger partial charge >= 0.3 is 0 Å². The highest BCUT2D eigenvalue weighted by molar-refractivity contribution is 6.76. The zero-order valence-corrected chi connectivity index (χ0v) is 25.8. The van der Waals surface area contributed by atoms with Gasteiger partial charge in [-0.25, -0.2) is 4.68 Å². The van der Waals surface area contributed by atoms with E-state index in [0.29, 0.717) is 18.1 Å². The minimum Gasteiger partial charge on any atom is -0.360 e. The monoisotopic (exact) mass is 564 g/mol. The molecule has 4 rings (SSSR count). The van der Waals surface area contributed by atoms with Crippen molar-refractivity contribution in [2.75, 3.05) is 11.9 Å². The zero-order chi connectivity index (χ0) is 28.9. The van der Waals surface area contributed by atoms with Crippen LogP contribution in [-0.2, 0) is 23.3 Å². The van der Waals surface area contributed by atoms with Crippen molar-refractivity contribution >= 4 is 25.6 Å². The highest BCUT2D eigenvalue weighted by Gasteiger charge is 2.32. The average molecular weight is 565 g/mol.